The SMILES string of the molecule is Cc1ccnc(Cl)c1NCc1cn(C)nc1C(C)(C)C. The summed E-state index contributed by atoms with van der Waals surface area (Å²) < 4.78 is 1.86. The van der Waals surface area contributed by atoms with E-state index in [-0.39, 0.29) is 5.41 Å². The lowest BCUT2D eigenvalue weighted by molar-refractivity contribution is 0.549. The van der Waals surface area contributed by atoms with Crippen molar-refractivity contribution in [3.05, 3.63) is 40.4 Å². The van der Waals surface area contributed by atoms with Gasteiger partial charge >= 0.3 is 0 Å². The largest absolute Gasteiger partial charge is 0.378 e. The molecule has 0 radical (unpaired) electrons. The van der Waals surface area contributed by atoms with E-state index in [9.17, 15) is 0 Å². The summed E-state index contributed by atoms with van der Waals surface area (Å²) in [4.78, 5) is 4.11. The van der Waals surface area contributed by atoms with Crippen molar-refractivity contribution in [1.29, 1.82) is 0 Å². The van der Waals surface area contributed by atoms with Gasteiger partial charge in [-0.25, -0.2) is 4.98 Å². The molecule has 0 saturated carbocycles. The van der Waals surface area contributed by atoms with Crippen molar-refractivity contribution in [2.75, 3.05) is 5.32 Å². The molecule has 0 saturated heterocycles. The fourth-order valence-electron chi connectivity index (χ4n) is 2.22. The highest BCUT2D eigenvalue weighted by molar-refractivity contribution is 6.32. The molecule has 2 heterocycles. The second kappa shape index (κ2) is 5.44. The molecule has 0 amide bonds. The molecule has 1 N–H and O–H groups in total. The maximum absolute atomic E-state index is 6.14. The van der Waals surface area contributed by atoms with Crippen LogP contribution in [-0.4, -0.2) is 14.8 Å². The summed E-state index contributed by atoms with van der Waals surface area (Å²) in [5, 5.41) is 8.45. The molecule has 2 aromatic heterocycles. The van der Waals surface area contributed by atoms with Crippen LogP contribution in [0.1, 0.15) is 37.6 Å². The van der Waals surface area contributed by atoms with Gasteiger partial charge in [0, 0.05) is 37.0 Å². The molecule has 0 fully saturated rings. The van der Waals surface area contributed by atoms with Crippen molar-refractivity contribution in [3.8, 4) is 0 Å². The Hall–Kier alpha value is -1.55. The van der Waals surface area contributed by atoms with E-state index < -0.39 is 0 Å². The summed E-state index contributed by atoms with van der Waals surface area (Å²) in [6.45, 7) is 9.21. The molecule has 4 nitrogen and oxygen atoms in total. The van der Waals surface area contributed by atoms with Crippen LogP contribution in [0.15, 0.2) is 18.5 Å². The molecule has 0 aromatic carbocycles. The van der Waals surface area contributed by atoms with E-state index in [1.54, 1.807) is 6.20 Å². The average molecular weight is 293 g/mol. The Bertz CT molecular complexity index is 591. The van der Waals surface area contributed by atoms with Crippen LogP contribution in [0.25, 0.3) is 0 Å². The number of aromatic nitrogens is 3. The van der Waals surface area contributed by atoms with Gasteiger partial charge in [-0.3, -0.25) is 4.68 Å². The number of halogens is 1. The van der Waals surface area contributed by atoms with Crippen LogP contribution in [-0.2, 0) is 19.0 Å². The molecule has 0 aliphatic carbocycles. The summed E-state index contributed by atoms with van der Waals surface area (Å²) >= 11 is 6.14. The van der Waals surface area contributed by atoms with E-state index in [2.05, 4.69) is 36.2 Å². The van der Waals surface area contributed by atoms with E-state index in [0.717, 1.165) is 16.9 Å². The third-order valence-electron chi connectivity index (χ3n) is 3.18. The molecule has 0 aliphatic rings. The quantitative estimate of drug-likeness (QED) is 0.878. The van der Waals surface area contributed by atoms with Crippen LogP contribution in [0.2, 0.25) is 5.15 Å². The van der Waals surface area contributed by atoms with Crippen LogP contribution >= 0.6 is 11.6 Å². The number of rotatable bonds is 3. The fourth-order valence-corrected chi connectivity index (χ4v) is 2.49. The number of hydrogen-bond acceptors (Lipinski definition) is 3. The minimum Gasteiger partial charge on any atom is -0.378 e. The number of aryl methyl sites for hydroxylation is 2. The van der Waals surface area contributed by atoms with Crippen LogP contribution in [0.4, 0.5) is 5.69 Å². The van der Waals surface area contributed by atoms with Gasteiger partial charge in [0.1, 0.15) is 0 Å². The Morgan fingerprint density at radius 2 is 2.05 bits per heavy atom. The maximum atomic E-state index is 6.14. The molecule has 5 heteroatoms. The van der Waals surface area contributed by atoms with Gasteiger partial charge in [-0.2, -0.15) is 5.10 Å². The molecule has 0 atom stereocenters. The highest BCUT2D eigenvalue weighted by Gasteiger charge is 2.21. The van der Waals surface area contributed by atoms with Gasteiger partial charge in [0.05, 0.1) is 11.4 Å². The van der Waals surface area contributed by atoms with Crippen LogP contribution < -0.4 is 5.32 Å². The predicted octanol–water partition coefficient (Wildman–Crippen LogP) is 3.69. The number of pyridine rings is 1. The maximum Gasteiger partial charge on any atom is 0.152 e. The fraction of sp³-hybridized carbons (Fsp3) is 0.467. The Kier molecular flexibility index (Phi) is 4.04. The monoisotopic (exact) mass is 292 g/mol. The Labute approximate surface area is 125 Å². The van der Waals surface area contributed by atoms with Gasteiger partial charge in [-0.05, 0) is 18.6 Å². The zero-order chi connectivity index (χ0) is 14.9. The van der Waals surface area contributed by atoms with Gasteiger partial charge in [-0.15, -0.1) is 0 Å². The Morgan fingerprint density at radius 3 is 2.65 bits per heavy atom. The second-order valence-corrected chi connectivity index (χ2v) is 6.43. The third kappa shape index (κ3) is 3.12. The number of hydrogen-bond donors (Lipinski definition) is 1. The van der Waals surface area contributed by atoms with Crippen molar-refractivity contribution in [1.82, 2.24) is 14.8 Å². The minimum absolute atomic E-state index is 0.0199. The molecule has 20 heavy (non-hydrogen) atoms. The van der Waals surface area contributed by atoms with Crippen LogP contribution in [0.3, 0.4) is 0 Å². The summed E-state index contributed by atoms with van der Waals surface area (Å²) in [7, 11) is 1.95. The summed E-state index contributed by atoms with van der Waals surface area (Å²) in [5.41, 5.74) is 4.28. The van der Waals surface area contributed by atoms with Gasteiger partial charge in [0.15, 0.2) is 5.15 Å². The lowest BCUT2D eigenvalue weighted by Crippen LogP contribution is -2.16. The predicted molar refractivity (Wildman–Crippen MR) is 83.2 cm³/mol. The molecule has 108 valence electrons. The summed E-state index contributed by atoms with van der Waals surface area (Å²) in [6, 6.07) is 1.95. The molecular formula is C15H21ClN4. The van der Waals surface area contributed by atoms with Gasteiger partial charge in [0.25, 0.3) is 0 Å². The first-order valence-electron chi connectivity index (χ1n) is 6.67. The van der Waals surface area contributed by atoms with E-state index in [1.165, 1.54) is 5.56 Å². The Balaban J connectivity index is 2.24. The molecule has 0 spiro atoms. The van der Waals surface area contributed by atoms with E-state index in [1.807, 2.05) is 30.9 Å². The van der Waals surface area contributed by atoms with Gasteiger partial charge < -0.3 is 5.32 Å². The minimum atomic E-state index is 0.0199. The lowest BCUT2D eigenvalue weighted by atomic mass is 9.89. The van der Waals surface area contributed by atoms with Crippen molar-refractivity contribution in [3.63, 3.8) is 0 Å². The lowest BCUT2D eigenvalue weighted by Gasteiger charge is -2.18. The molecule has 2 aromatic rings. The first kappa shape index (κ1) is 14.9. The van der Waals surface area contributed by atoms with Crippen LogP contribution in [0, 0.1) is 6.92 Å². The first-order valence-corrected chi connectivity index (χ1v) is 7.05. The van der Waals surface area contributed by atoms with E-state index in [0.29, 0.717) is 11.7 Å². The van der Waals surface area contributed by atoms with Gasteiger partial charge in [-0.1, -0.05) is 32.4 Å². The first-order chi connectivity index (χ1) is 9.29. The molecule has 2 rings (SSSR count). The van der Waals surface area contributed by atoms with Crippen molar-refractivity contribution < 1.29 is 0 Å². The molecular weight excluding hydrogens is 272 g/mol. The second-order valence-electron chi connectivity index (χ2n) is 6.07. The smallest absolute Gasteiger partial charge is 0.152 e. The highest BCUT2D eigenvalue weighted by Crippen LogP contribution is 2.27. The zero-order valence-corrected chi connectivity index (χ0v) is 13.4. The van der Waals surface area contributed by atoms with Gasteiger partial charge in [0.2, 0.25) is 0 Å². The normalized spacial score (nSPS) is 11.7. The summed E-state index contributed by atoms with van der Waals surface area (Å²) in [5.74, 6) is 0. The van der Waals surface area contributed by atoms with Crippen molar-refractivity contribution >= 4 is 17.3 Å². The number of nitrogens with one attached hydrogen (secondary N) is 1. The number of anilines is 1. The molecule has 0 aliphatic heterocycles. The standard InChI is InChI=1S/C15H21ClN4/c1-10-6-7-17-14(16)12(10)18-8-11-9-20(5)19-13(11)15(2,3)4/h6-7,9,18H,8H2,1-5H3. The van der Waals surface area contributed by atoms with Crippen molar-refractivity contribution in [2.45, 2.75) is 39.7 Å². The van der Waals surface area contributed by atoms with Crippen LogP contribution in [0.5, 0.6) is 0 Å². The summed E-state index contributed by atoms with van der Waals surface area (Å²) in [6.07, 6.45) is 3.76. The van der Waals surface area contributed by atoms with Crippen molar-refractivity contribution in [2.24, 2.45) is 7.05 Å². The highest BCUT2D eigenvalue weighted by atomic mass is 35.5. The number of nitrogens with zero attached hydrogens (tertiary/aromatic N) is 3. The molecule has 0 unspecified atom stereocenters. The zero-order valence-electron chi connectivity index (χ0n) is 12.7. The Morgan fingerprint density at radius 1 is 1.35 bits per heavy atom. The van der Waals surface area contributed by atoms with E-state index in [4.69, 9.17) is 11.6 Å². The third-order valence-corrected chi connectivity index (χ3v) is 3.47. The topological polar surface area (TPSA) is 42.7 Å². The van der Waals surface area contributed by atoms with E-state index >= 15 is 0 Å². The average Bonchev–Trinajstić information content (AvgIpc) is 2.70. The molecule has 0 bridgehead atoms.